The molecule has 0 fully saturated rings. The van der Waals surface area contributed by atoms with Crippen LogP contribution in [0.3, 0.4) is 0 Å². The minimum absolute atomic E-state index is 0.103. The molecule has 0 N–H and O–H groups in total. The van der Waals surface area contributed by atoms with E-state index in [4.69, 9.17) is 0 Å². The van der Waals surface area contributed by atoms with Crippen molar-refractivity contribution in [2.75, 3.05) is 0 Å². The van der Waals surface area contributed by atoms with Crippen LogP contribution in [0.5, 0.6) is 0 Å². The fraction of sp³-hybridized carbons (Fsp3) is 0.267. The lowest BCUT2D eigenvalue weighted by Gasteiger charge is -2.16. The highest BCUT2D eigenvalue weighted by molar-refractivity contribution is 6.00. The fourth-order valence-electron chi connectivity index (χ4n) is 1.70. The first kappa shape index (κ1) is 12.4. The van der Waals surface area contributed by atoms with Gasteiger partial charge >= 0.3 is 0 Å². The summed E-state index contributed by atoms with van der Waals surface area (Å²) < 4.78 is 0. The van der Waals surface area contributed by atoms with Crippen LogP contribution in [-0.2, 0) is 0 Å². The van der Waals surface area contributed by atoms with Crippen molar-refractivity contribution >= 4 is 5.78 Å². The van der Waals surface area contributed by atoms with Crippen LogP contribution in [0.25, 0.3) is 11.1 Å². The van der Waals surface area contributed by atoms with Crippen molar-refractivity contribution in [2.24, 2.45) is 5.41 Å². The summed E-state index contributed by atoms with van der Waals surface area (Å²) in [5, 5.41) is 0. The molecule has 0 bridgehead atoms. The zero-order valence-electron chi connectivity index (χ0n) is 10.8. The first-order valence-corrected chi connectivity index (χ1v) is 5.89. The minimum Gasteiger partial charge on any atom is -0.294 e. The van der Waals surface area contributed by atoms with E-state index in [2.05, 4.69) is 9.97 Å². The predicted molar refractivity (Wildman–Crippen MR) is 71.3 cm³/mol. The van der Waals surface area contributed by atoms with E-state index in [-0.39, 0.29) is 5.78 Å². The summed E-state index contributed by atoms with van der Waals surface area (Å²) >= 11 is 0. The molecule has 0 saturated carbocycles. The molecule has 0 radical (unpaired) electrons. The normalized spacial score (nSPS) is 11.3. The van der Waals surface area contributed by atoms with Crippen molar-refractivity contribution in [3.05, 3.63) is 48.5 Å². The van der Waals surface area contributed by atoms with Gasteiger partial charge in [0, 0.05) is 41.3 Å². The van der Waals surface area contributed by atoms with E-state index < -0.39 is 5.41 Å². The zero-order chi connectivity index (χ0) is 13.2. The van der Waals surface area contributed by atoms with Gasteiger partial charge in [-0.3, -0.25) is 14.8 Å². The van der Waals surface area contributed by atoms with Crippen LogP contribution < -0.4 is 0 Å². The van der Waals surface area contributed by atoms with Crippen LogP contribution in [0.2, 0.25) is 0 Å². The molecule has 0 spiro atoms. The Morgan fingerprint density at radius 3 is 2.28 bits per heavy atom. The second kappa shape index (κ2) is 4.69. The lowest BCUT2D eigenvalue weighted by atomic mass is 9.86. The van der Waals surface area contributed by atoms with E-state index in [9.17, 15) is 4.79 Å². The molecule has 18 heavy (non-hydrogen) atoms. The van der Waals surface area contributed by atoms with E-state index >= 15 is 0 Å². The lowest BCUT2D eigenvalue weighted by Crippen LogP contribution is -2.20. The SMILES string of the molecule is CC(C)(C)C(=O)c1cncc(-c2ccncc2)c1. The molecule has 0 aliphatic heterocycles. The van der Waals surface area contributed by atoms with E-state index in [1.54, 1.807) is 24.8 Å². The Labute approximate surface area is 107 Å². The molecule has 0 aliphatic carbocycles. The Hall–Kier alpha value is -2.03. The number of nitrogens with zero attached hydrogens (tertiary/aromatic N) is 2. The lowest BCUT2D eigenvalue weighted by molar-refractivity contribution is 0.0858. The monoisotopic (exact) mass is 240 g/mol. The molecule has 0 amide bonds. The van der Waals surface area contributed by atoms with Crippen molar-refractivity contribution in [1.29, 1.82) is 0 Å². The second-order valence-electron chi connectivity index (χ2n) is 5.28. The molecule has 3 nitrogen and oxygen atoms in total. The van der Waals surface area contributed by atoms with Gasteiger partial charge < -0.3 is 0 Å². The van der Waals surface area contributed by atoms with Crippen LogP contribution in [-0.4, -0.2) is 15.8 Å². The summed E-state index contributed by atoms with van der Waals surface area (Å²) in [6, 6.07) is 5.70. The molecule has 2 rings (SSSR count). The summed E-state index contributed by atoms with van der Waals surface area (Å²) in [5.74, 6) is 0.103. The van der Waals surface area contributed by atoms with Gasteiger partial charge in [0.25, 0.3) is 0 Å². The minimum atomic E-state index is -0.390. The highest BCUT2D eigenvalue weighted by atomic mass is 16.1. The molecule has 92 valence electrons. The summed E-state index contributed by atoms with van der Waals surface area (Å²) in [4.78, 5) is 20.3. The molecule has 0 atom stereocenters. The maximum Gasteiger partial charge on any atom is 0.169 e. The molecule has 2 aromatic heterocycles. The van der Waals surface area contributed by atoms with Gasteiger partial charge in [-0.1, -0.05) is 20.8 Å². The Morgan fingerprint density at radius 1 is 1.00 bits per heavy atom. The number of carbonyl (C=O) groups excluding carboxylic acids is 1. The average molecular weight is 240 g/mol. The second-order valence-corrected chi connectivity index (χ2v) is 5.28. The average Bonchev–Trinajstić information content (AvgIpc) is 2.38. The predicted octanol–water partition coefficient (Wildman–Crippen LogP) is 3.37. The van der Waals surface area contributed by atoms with Gasteiger partial charge in [0.1, 0.15) is 0 Å². The largest absolute Gasteiger partial charge is 0.294 e. The maximum absolute atomic E-state index is 12.2. The number of Topliss-reactive ketones (excluding diaryl/α,β-unsaturated/α-hetero) is 1. The molecule has 2 aromatic rings. The van der Waals surface area contributed by atoms with Crippen molar-refractivity contribution in [1.82, 2.24) is 9.97 Å². The van der Waals surface area contributed by atoms with Crippen molar-refractivity contribution < 1.29 is 4.79 Å². The van der Waals surface area contributed by atoms with Gasteiger partial charge in [-0.2, -0.15) is 0 Å². The van der Waals surface area contributed by atoms with E-state index in [1.165, 1.54) is 0 Å². The number of carbonyl (C=O) groups is 1. The Bertz CT molecular complexity index is 556. The highest BCUT2D eigenvalue weighted by Crippen LogP contribution is 2.24. The van der Waals surface area contributed by atoms with E-state index in [1.807, 2.05) is 39.0 Å². The maximum atomic E-state index is 12.2. The van der Waals surface area contributed by atoms with Crippen molar-refractivity contribution in [2.45, 2.75) is 20.8 Å². The Balaban J connectivity index is 2.41. The van der Waals surface area contributed by atoms with Crippen LogP contribution in [0.15, 0.2) is 43.0 Å². The van der Waals surface area contributed by atoms with Gasteiger partial charge in [-0.25, -0.2) is 0 Å². The summed E-state index contributed by atoms with van der Waals surface area (Å²) in [6.45, 7) is 5.73. The standard InChI is InChI=1S/C15H16N2O/c1-15(2,3)14(18)13-8-12(9-17-10-13)11-4-6-16-7-5-11/h4-10H,1-3H3. The van der Waals surface area contributed by atoms with Crippen LogP contribution >= 0.6 is 0 Å². The number of hydrogen-bond acceptors (Lipinski definition) is 3. The molecule has 0 unspecified atom stereocenters. The molecule has 0 aliphatic rings. The van der Waals surface area contributed by atoms with Crippen molar-refractivity contribution in [3.8, 4) is 11.1 Å². The first-order valence-electron chi connectivity index (χ1n) is 5.89. The molecule has 3 heteroatoms. The van der Waals surface area contributed by atoms with Gasteiger partial charge in [0.2, 0.25) is 0 Å². The number of aromatic nitrogens is 2. The number of pyridine rings is 2. The third-order valence-electron chi connectivity index (χ3n) is 2.70. The van der Waals surface area contributed by atoms with Gasteiger partial charge in [0.05, 0.1) is 0 Å². The fourth-order valence-corrected chi connectivity index (χ4v) is 1.70. The van der Waals surface area contributed by atoms with Gasteiger partial charge in [0.15, 0.2) is 5.78 Å². The zero-order valence-corrected chi connectivity index (χ0v) is 10.8. The van der Waals surface area contributed by atoms with Crippen molar-refractivity contribution in [3.63, 3.8) is 0 Å². The van der Waals surface area contributed by atoms with Crippen LogP contribution in [0.1, 0.15) is 31.1 Å². The topological polar surface area (TPSA) is 42.9 Å². The Kier molecular flexibility index (Phi) is 3.24. The smallest absolute Gasteiger partial charge is 0.169 e. The summed E-state index contributed by atoms with van der Waals surface area (Å²) in [6.07, 6.45) is 6.84. The van der Waals surface area contributed by atoms with Gasteiger partial charge in [-0.05, 0) is 23.8 Å². The molecule has 2 heterocycles. The van der Waals surface area contributed by atoms with E-state index in [0.29, 0.717) is 5.56 Å². The Morgan fingerprint density at radius 2 is 1.67 bits per heavy atom. The molecular weight excluding hydrogens is 224 g/mol. The number of hydrogen-bond donors (Lipinski definition) is 0. The third kappa shape index (κ3) is 2.62. The van der Waals surface area contributed by atoms with Crippen LogP contribution in [0, 0.1) is 5.41 Å². The van der Waals surface area contributed by atoms with Gasteiger partial charge in [-0.15, -0.1) is 0 Å². The first-order chi connectivity index (χ1) is 8.48. The number of rotatable bonds is 2. The molecule has 0 saturated heterocycles. The molecule has 0 aromatic carbocycles. The van der Waals surface area contributed by atoms with E-state index in [0.717, 1.165) is 11.1 Å². The third-order valence-corrected chi connectivity index (χ3v) is 2.70. The van der Waals surface area contributed by atoms with Crippen LogP contribution in [0.4, 0.5) is 0 Å². The summed E-state index contributed by atoms with van der Waals surface area (Å²) in [5.41, 5.74) is 2.21. The highest BCUT2D eigenvalue weighted by Gasteiger charge is 2.23. The quantitative estimate of drug-likeness (QED) is 0.756. The summed E-state index contributed by atoms with van der Waals surface area (Å²) in [7, 11) is 0. The number of ketones is 1. The molecular formula is C15H16N2O.